The van der Waals surface area contributed by atoms with Gasteiger partial charge in [0, 0.05) is 24.7 Å². The Hall–Kier alpha value is -4.24. The lowest BCUT2D eigenvalue weighted by molar-refractivity contribution is 0.102. The molecule has 9 heteroatoms. The Morgan fingerprint density at radius 1 is 1.03 bits per heavy atom. The smallest absolute Gasteiger partial charge is 0.259 e. The summed E-state index contributed by atoms with van der Waals surface area (Å²) in [6.07, 6.45) is 0.971. The second-order valence-corrected chi connectivity index (χ2v) is 8.88. The minimum Gasteiger partial charge on any atom is -0.489 e. The molecule has 3 aromatic carbocycles. The molecule has 0 aliphatic rings. The maximum atomic E-state index is 13.0. The van der Waals surface area contributed by atoms with E-state index in [-0.39, 0.29) is 11.3 Å². The van der Waals surface area contributed by atoms with Crippen molar-refractivity contribution in [3.05, 3.63) is 82.8 Å². The molecule has 2 N–H and O–H groups in total. The molecule has 0 aliphatic carbocycles. The first kappa shape index (κ1) is 24.9. The van der Waals surface area contributed by atoms with Gasteiger partial charge in [0.15, 0.2) is 5.82 Å². The van der Waals surface area contributed by atoms with Gasteiger partial charge in [-0.15, -0.1) is 4.91 Å². The largest absolute Gasteiger partial charge is 0.489 e. The molecular weight excluding hydrogens is 456 g/mol. The van der Waals surface area contributed by atoms with E-state index in [2.05, 4.69) is 25.6 Å². The molecule has 0 fully saturated rings. The Kier molecular flexibility index (Phi) is 7.92. The Morgan fingerprint density at radius 2 is 1.83 bits per heavy atom. The lowest BCUT2D eigenvalue weighted by Crippen LogP contribution is -2.23. The van der Waals surface area contributed by atoms with Crippen LogP contribution in [0.2, 0.25) is 0 Å². The second kappa shape index (κ2) is 11.5. The maximum absolute atomic E-state index is 13.0. The average molecular weight is 487 g/mol. The van der Waals surface area contributed by atoms with Crippen LogP contribution in [0.1, 0.15) is 22.3 Å². The van der Waals surface area contributed by atoms with Crippen LogP contribution in [0.25, 0.3) is 10.9 Å². The van der Waals surface area contributed by atoms with Gasteiger partial charge in [-0.1, -0.05) is 30.3 Å². The Bertz CT molecular complexity index is 1340. The quantitative estimate of drug-likeness (QED) is 0.283. The van der Waals surface area contributed by atoms with Crippen LogP contribution in [0.15, 0.2) is 71.9 Å². The van der Waals surface area contributed by atoms with E-state index < -0.39 is 5.91 Å². The highest BCUT2D eigenvalue weighted by Crippen LogP contribution is 2.29. The first-order valence-electron chi connectivity index (χ1n) is 11.7. The van der Waals surface area contributed by atoms with E-state index in [0.29, 0.717) is 23.6 Å². The third kappa shape index (κ3) is 6.05. The average Bonchev–Trinajstić information content (AvgIpc) is 3.29. The summed E-state index contributed by atoms with van der Waals surface area (Å²) in [7, 11) is 6.01. The highest BCUT2D eigenvalue weighted by molar-refractivity contribution is 6.10. The highest BCUT2D eigenvalue weighted by atomic mass is 16.5. The number of carbonyl (C=O) groups is 1. The van der Waals surface area contributed by atoms with Crippen LogP contribution in [0.3, 0.4) is 0 Å². The number of amides is 1. The molecule has 36 heavy (non-hydrogen) atoms. The number of aromatic amines is 1. The number of fused-ring (bicyclic) bond motifs is 1. The van der Waals surface area contributed by atoms with Gasteiger partial charge in [-0.2, -0.15) is 5.10 Å². The molecule has 0 aliphatic heterocycles. The molecule has 186 valence electrons. The first-order chi connectivity index (χ1) is 17.4. The lowest BCUT2D eigenvalue weighted by Gasteiger charge is -2.21. The Labute approximate surface area is 210 Å². The molecule has 0 radical (unpaired) electrons. The van der Waals surface area contributed by atoms with Gasteiger partial charge in [0.1, 0.15) is 18.0 Å². The van der Waals surface area contributed by atoms with Crippen LogP contribution in [0.5, 0.6) is 5.75 Å². The fourth-order valence-corrected chi connectivity index (χ4v) is 3.87. The molecule has 0 unspecified atom stereocenters. The summed E-state index contributed by atoms with van der Waals surface area (Å²) in [6.45, 7) is 2.20. The predicted molar refractivity (Wildman–Crippen MR) is 143 cm³/mol. The summed E-state index contributed by atoms with van der Waals surface area (Å²) in [6, 6.07) is 20.5. The summed E-state index contributed by atoms with van der Waals surface area (Å²) in [5.74, 6) is 0.539. The molecule has 0 bridgehead atoms. The molecule has 9 nitrogen and oxygen atoms in total. The van der Waals surface area contributed by atoms with Crippen molar-refractivity contribution in [2.24, 2.45) is 5.18 Å². The number of rotatable bonds is 11. The van der Waals surface area contributed by atoms with Gasteiger partial charge >= 0.3 is 0 Å². The normalized spacial score (nSPS) is 11.0. The van der Waals surface area contributed by atoms with Crippen molar-refractivity contribution in [1.29, 1.82) is 0 Å². The number of nitrogens with one attached hydrogen (secondary N) is 2. The molecule has 4 aromatic rings. The van der Waals surface area contributed by atoms with Crippen LogP contribution in [-0.2, 0) is 6.61 Å². The van der Waals surface area contributed by atoms with E-state index in [9.17, 15) is 9.70 Å². The zero-order chi connectivity index (χ0) is 25.5. The molecule has 1 aromatic heterocycles. The van der Waals surface area contributed by atoms with Crippen LogP contribution < -0.4 is 15.0 Å². The van der Waals surface area contributed by atoms with Crippen molar-refractivity contribution in [3.8, 4) is 5.75 Å². The van der Waals surface area contributed by atoms with Gasteiger partial charge in [0.2, 0.25) is 0 Å². The zero-order valence-electron chi connectivity index (χ0n) is 20.7. The number of H-pyrrole nitrogens is 1. The number of carbonyl (C=O) groups excluding carboxylic acids is 1. The van der Waals surface area contributed by atoms with E-state index >= 15 is 0 Å². The molecule has 0 saturated heterocycles. The summed E-state index contributed by atoms with van der Waals surface area (Å²) < 4.78 is 5.91. The van der Waals surface area contributed by atoms with Crippen molar-refractivity contribution in [2.75, 3.05) is 44.4 Å². The monoisotopic (exact) mass is 486 g/mol. The summed E-state index contributed by atoms with van der Waals surface area (Å²) in [4.78, 5) is 28.8. The standard InChI is InChI=1S/C27H30N6O3/c1-32(2)14-7-15-33(3)20-10-12-22(25(16-20)31-35)27(34)28-26-23-17-21(11-13-24(23)29-30-26)36-18-19-8-5-4-6-9-19/h4-6,8-13,16-17H,7,14-15,18H2,1-3H3,(H2,28,29,30,34). The molecule has 0 spiro atoms. The van der Waals surface area contributed by atoms with Crippen molar-refractivity contribution >= 4 is 34.0 Å². The Morgan fingerprint density at radius 3 is 2.58 bits per heavy atom. The van der Waals surface area contributed by atoms with E-state index in [1.165, 1.54) is 0 Å². The molecule has 0 saturated carbocycles. The van der Waals surface area contributed by atoms with E-state index in [1.54, 1.807) is 12.1 Å². The Balaban J connectivity index is 1.47. The minimum absolute atomic E-state index is 0.0798. The minimum atomic E-state index is -0.463. The van der Waals surface area contributed by atoms with Crippen molar-refractivity contribution < 1.29 is 9.53 Å². The molecule has 1 heterocycles. The highest BCUT2D eigenvalue weighted by Gasteiger charge is 2.17. The van der Waals surface area contributed by atoms with E-state index in [0.717, 1.165) is 36.3 Å². The lowest BCUT2D eigenvalue weighted by atomic mass is 10.1. The number of nitrogens with zero attached hydrogens (tertiary/aromatic N) is 4. The third-order valence-corrected chi connectivity index (χ3v) is 5.88. The van der Waals surface area contributed by atoms with Gasteiger partial charge in [0.25, 0.3) is 5.91 Å². The predicted octanol–water partition coefficient (Wildman–Crippen LogP) is 5.18. The summed E-state index contributed by atoms with van der Waals surface area (Å²) in [5, 5.41) is 13.8. The second-order valence-electron chi connectivity index (χ2n) is 8.88. The van der Waals surface area contributed by atoms with Crippen LogP contribution in [-0.4, -0.2) is 55.2 Å². The number of aromatic nitrogens is 2. The fourth-order valence-electron chi connectivity index (χ4n) is 3.87. The summed E-state index contributed by atoms with van der Waals surface area (Å²) in [5.41, 5.74) is 2.89. The number of hydrogen-bond donors (Lipinski definition) is 2. The third-order valence-electron chi connectivity index (χ3n) is 5.88. The molecule has 1 amide bonds. The van der Waals surface area contributed by atoms with Crippen LogP contribution >= 0.6 is 0 Å². The van der Waals surface area contributed by atoms with Gasteiger partial charge in [0.05, 0.1) is 11.1 Å². The van der Waals surface area contributed by atoms with E-state index in [1.807, 2.05) is 80.6 Å². The van der Waals surface area contributed by atoms with Gasteiger partial charge in [-0.25, -0.2) is 0 Å². The maximum Gasteiger partial charge on any atom is 0.259 e. The molecule has 0 atom stereocenters. The number of benzene rings is 3. The number of hydrogen-bond acceptors (Lipinski definition) is 7. The number of anilines is 2. The van der Waals surface area contributed by atoms with Gasteiger partial charge in [-0.3, -0.25) is 9.89 Å². The van der Waals surface area contributed by atoms with Crippen molar-refractivity contribution in [2.45, 2.75) is 13.0 Å². The van der Waals surface area contributed by atoms with Crippen molar-refractivity contribution in [3.63, 3.8) is 0 Å². The molecular formula is C27H30N6O3. The number of ether oxygens (including phenoxy) is 1. The summed E-state index contributed by atoms with van der Waals surface area (Å²) >= 11 is 0. The van der Waals surface area contributed by atoms with Gasteiger partial charge < -0.3 is 19.9 Å². The van der Waals surface area contributed by atoms with Crippen LogP contribution in [0, 0.1) is 4.91 Å². The number of nitroso groups, excluding NO2 is 1. The topological polar surface area (TPSA) is 103 Å². The van der Waals surface area contributed by atoms with Crippen LogP contribution in [0.4, 0.5) is 17.2 Å². The zero-order valence-corrected chi connectivity index (χ0v) is 20.7. The van der Waals surface area contributed by atoms with E-state index in [4.69, 9.17) is 4.74 Å². The molecule has 4 rings (SSSR count). The fraction of sp³-hybridized carbons (Fsp3) is 0.259. The first-order valence-corrected chi connectivity index (χ1v) is 11.7. The van der Waals surface area contributed by atoms with Gasteiger partial charge in [-0.05, 0) is 74.2 Å². The van der Waals surface area contributed by atoms with Crippen molar-refractivity contribution in [1.82, 2.24) is 15.1 Å². The SMILES string of the molecule is CN(C)CCCN(C)c1ccc(C(=O)Nc2n[nH]c3ccc(OCc4ccccc4)cc23)c(N=O)c1.